The summed E-state index contributed by atoms with van der Waals surface area (Å²) in [4.78, 5) is 33.5. The van der Waals surface area contributed by atoms with E-state index in [0.29, 0.717) is 27.2 Å². The fraction of sp³-hybridized carbons (Fsp3) is 0.273. The van der Waals surface area contributed by atoms with Crippen LogP contribution < -0.4 is 10.6 Å². The van der Waals surface area contributed by atoms with E-state index < -0.39 is 6.10 Å². The van der Waals surface area contributed by atoms with Crippen LogP contribution in [0.5, 0.6) is 0 Å². The van der Waals surface area contributed by atoms with Crippen molar-refractivity contribution in [2.75, 3.05) is 11.9 Å². The number of halogens is 1. The van der Waals surface area contributed by atoms with E-state index in [4.69, 9.17) is 11.6 Å². The van der Waals surface area contributed by atoms with Crippen molar-refractivity contribution >= 4 is 67.0 Å². The van der Waals surface area contributed by atoms with Crippen molar-refractivity contribution in [3.05, 3.63) is 47.0 Å². The van der Waals surface area contributed by atoms with Crippen LogP contribution in [0.25, 0.3) is 21.3 Å². The number of fused-ring (bicyclic) bond motifs is 2. The zero-order chi connectivity index (χ0) is 22.8. The number of anilines is 2. The molecule has 10 heteroatoms. The zero-order valence-electron chi connectivity index (χ0n) is 17.6. The van der Waals surface area contributed by atoms with E-state index in [1.54, 1.807) is 25.1 Å². The van der Waals surface area contributed by atoms with Crippen molar-refractivity contribution in [3.8, 4) is 0 Å². The van der Waals surface area contributed by atoms with Crippen molar-refractivity contribution < 1.29 is 14.7 Å². The molecule has 0 aliphatic rings. The van der Waals surface area contributed by atoms with Gasteiger partial charge in [0, 0.05) is 37.0 Å². The lowest BCUT2D eigenvalue weighted by Crippen LogP contribution is -2.30. The smallest absolute Gasteiger partial charge is 0.220 e. The predicted octanol–water partition coefficient (Wildman–Crippen LogP) is 4.04. The van der Waals surface area contributed by atoms with Crippen molar-refractivity contribution in [2.24, 2.45) is 7.05 Å². The van der Waals surface area contributed by atoms with Crippen molar-refractivity contribution in [1.29, 1.82) is 0 Å². The molecule has 0 bridgehead atoms. The van der Waals surface area contributed by atoms with Crippen LogP contribution in [0.1, 0.15) is 30.1 Å². The molecule has 1 atom stereocenters. The Morgan fingerprint density at radius 2 is 1.97 bits per heavy atom. The number of nitrogens with one attached hydrogen (secondary N) is 2. The third kappa shape index (κ3) is 4.90. The average Bonchev–Trinajstić information content (AvgIpc) is 3.29. The van der Waals surface area contributed by atoms with Crippen LogP contribution in [0, 0.1) is 0 Å². The first kappa shape index (κ1) is 22.2. The Balaban J connectivity index is 1.48. The Morgan fingerprint density at radius 3 is 2.75 bits per heavy atom. The summed E-state index contributed by atoms with van der Waals surface area (Å²) in [7, 11) is 1.88. The number of ketones is 1. The van der Waals surface area contributed by atoms with Gasteiger partial charge in [0.2, 0.25) is 11.9 Å². The van der Waals surface area contributed by atoms with Crippen molar-refractivity contribution in [1.82, 2.24) is 19.9 Å². The number of aromatic nitrogens is 3. The standard InChI is InChI=1S/C22H22ClN5O3S/c1-12(29)11-24-20(31)8-7-18(30)13-3-6-17-16(9-13)25-21(28(17)2)27-22-26-15-5-4-14(23)10-19(15)32-22/h3-6,9-10,12,29H,7-8,11H2,1-2H3,(H,24,31)(H,25,26,27)/t12-/m1/s1. The molecule has 2 heterocycles. The summed E-state index contributed by atoms with van der Waals surface area (Å²) in [5.41, 5.74) is 2.89. The maximum absolute atomic E-state index is 12.5. The van der Waals surface area contributed by atoms with Gasteiger partial charge in [0.1, 0.15) is 0 Å². The summed E-state index contributed by atoms with van der Waals surface area (Å²) in [6.07, 6.45) is -0.464. The third-order valence-electron chi connectivity index (χ3n) is 4.95. The first-order valence-corrected chi connectivity index (χ1v) is 11.3. The minimum absolute atomic E-state index is 0.0697. The van der Waals surface area contributed by atoms with Crippen molar-refractivity contribution in [2.45, 2.75) is 25.9 Å². The highest BCUT2D eigenvalue weighted by Gasteiger charge is 2.15. The molecule has 2 aromatic heterocycles. The minimum atomic E-state index is -0.621. The van der Waals surface area contributed by atoms with E-state index in [0.717, 1.165) is 15.7 Å². The molecule has 166 valence electrons. The fourth-order valence-corrected chi connectivity index (χ4v) is 4.39. The summed E-state index contributed by atoms with van der Waals surface area (Å²) >= 11 is 7.54. The number of aliphatic hydroxyl groups is 1. The normalized spacial score (nSPS) is 12.2. The lowest BCUT2D eigenvalue weighted by molar-refractivity contribution is -0.121. The molecular formula is C22H22ClN5O3S. The number of thiazole rings is 1. The fourth-order valence-electron chi connectivity index (χ4n) is 3.25. The first-order chi connectivity index (χ1) is 15.3. The molecule has 4 rings (SSSR count). The molecule has 0 unspecified atom stereocenters. The number of aryl methyl sites for hydroxylation is 1. The first-order valence-electron chi connectivity index (χ1n) is 10.1. The number of benzene rings is 2. The largest absolute Gasteiger partial charge is 0.392 e. The second kappa shape index (κ2) is 9.23. The molecule has 0 aliphatic carbocycles. The molecule has 2 aromatic carbocycles. The second-order valence-electron chi connectivity index (χ2n) is 7.53. The minimum Gasteiger partial charge on any atom is -0.392 e. The van der Waals surface area contributed by atoms with Crippen LogP contribution in [0.2, 0.25) is 5.02 Å². The van der Waals surface area contributed by atoms with Crippen LogP contribution in [0.4, 0.5) is 11.1 Å². The topological polar surface area (TPSA) is 109 Å². The Hall–Kier alpha value is -3.01. The highest BCUT2D eigenvalue weighted by atomic mass is 35.5. The number of hydrogen-bond acceptors (Lipinski definition) is 7. The third-order valence-corrected chi connectivity index (χ3v) is 6.11. The van der Waals surface area contributed by atoms with E-state index in [1.807, 2.05) is 29.8 Å². The van der Waals surface area contributed by atoms with Crippen molar-refractivity contribution in [3.63, 3.8) is 0 Å². The van der Waals surface area contributed by atoms with Gasteiger partial charge in [-0.2, -0.15) is 0 Å². The van der Waals surface area contributed by atoms with Crippen LogP contribution in [0.15, 0.2) is 36.4 Å². The summed E-state index contributed by atoms with van der Waals surface area (Å²) in [6, 6.07) is 10.9. The highest BCUT2D eigenvalue weighted by Crippen LogP contribution is 2.31. The molecule has 3 N–H and O–H groups in total. The molecular weight excluding hydrogens is 450 g/mol. The Bertz CT molecular complexity index is 1310. The van der Waals surface area contributed by atoms with Crippen LogP contribution in [-0.4, -0.2) is 44.0 Å². The average molecular weight is 472 g/mol. The summed E-state index contributed by atoms with van der Waals surface area (Å²) in [5, 5.41) is 16.4. The van der Waals surface area contributed by atoms with Gasteiger partial charge >= 0.3 is 0 Å². The molecule has 0 spiro atoms. The molecule has 0 saturated carbocycles. The van der Waals surface area contributed by atoms with E-state index in [2.05, 4.69) is 20.6 Å². The Morgan fingerprint density at radius 1 is 1.16 bits per heavy atom. The summed E-state index contributed by atoms with van der Waals surface area (Å²) < 4.78 is 2.87. The van der Waals surface area contributed by atoms with E-state index in [-0.39, 0.29) is 31.1 Å². The number of hydrogen-bond donors (Lipinski definition) is 3. The van der Waals surface area contributed by atoms with Gasteiger partial charge in [-0.3, -0.25) is 9.59 Å². The van der Waals surface area contributed by atoms with E-state index >= 15 is 0 Å². The van der Waals surface area contributed by atoms with Gasteiger partial charge in [0.25, 0.3) is 0 Å². The van der Waals surface area contributed by atoms with Crippen LogP contribution in [-0.2, 0) is 11.8 Å². The van der Waals surface area contributed by atoms with Gasteiger partial charge in [-0.1, -0.05) is 22.9 Å². The van der Waals surface area contributed by atoms with Gasteiger partial charge in [-0.15, -0.1) is 0 Å². The quantitative estimate of drug-likeness (QED) is 0.334. The molecule has 8 nitrogen and oxygen atoms in total. The highest BCUT2D eigenvalue weighted by molar-refractivity contribution is 7.22. The SMILES string of the molecule is C[C@@H](O)CNC(=O)CCC(=O)c1ccc2c(c1)nc(Nc1nc3ccc(Cl)cc3s1)n2C. The molecule has 32 heavy (non-hydrogen) atoms. The molecule has 4 aromatic rings. The zero-order valence-corrected chi connectivity index (χ0v) is 19.1. The van der Waals surface area contributed by atoms with Crippen LogP contribution in [0.3, 0.4) is 0 Å². The number of rotatable bonds is 8. The van der Waals surface area contributed by atoms with Gasteiger partial charge in [-0.25, -0.2) is 9.97 Å². The lowest BCUT2D eigenvalue weighted by Gasteiger charge is -2.06. The van der Waals surface area contributed by atoms with Crippen LogP contribution >= 0.6 is 22.9 Å². The monoisotopic (exact) mass is 471 g/mol. The number of carbonyl (C=O) groups excluding carboxylic acids is 2. The number of aliphatic hydroxyl groups excluding tert-OH is 1. The van der Waals surface area contributed by atoms with Gasteiger partial charge in [0.05, 0.1) is 27.4 Å². The maximum atomic E-state index is 12.5. The summed E-state index contributed by atoms with van der Waals surface area (Å²) in [5.74, 6) is 0.205. The number of amides is 1. The molecule has 0 radical (unpaired) electrons. The van der Waals surface area contributed by atoms with Gasteiger partial charge in [-0.05, 0) is 43.3 Å². The summed E-state index contributed by atoms with van der Waals surface area (Å²) in [6.45, 7) is 1.76. The number of imidazole rings is 1. The predicted molar refractivity (Wildman–Crippen MR) is 127 cm³/mol. The second-order valence-corrected chi connectivity index (χ2v) is 9.00. The Kier molecular flexibility index (Phi) is 6.40. The molecule has 0 saturated heterocycles. The van der Waals surface area contributed by atoms with E-state index in [1.165, 1.54) is 11.3 Å². The van der Waals surface area contributed by atoms with Gasteiger partial charge < -0.3 is 20.3 Å². The lowest BCUT2D eigenvalue weighted by atomic mass is 10.1. The molecule has 1 amide bonds. The number of carbonyl (C=O) groups is 2. The van der Waals surface area contributed by atoms with Gasteiger partial charge in [0.15, 0.2) is 10.9 Å². The molecule has 0 fully saturated rings. The number of nitrogens with zero attached hydrogens (tertiary/aromatic N) is 3. The number of Topliss-reactive ketones (excluding diaryl/α,β-unsaturated/α-hetero) is 1. The Labute approximate surface area is 193 Å². The maximum Gasteiger partial charge on any atom is 0.220 e. The van der Waals surface area contributed by atoms with E-state index in [9.17, 15) is 14.7 Å². The molecule has 0 aliphatic heterocycles.